The summed E-state index contributed by atoms with van der Waals surface area (Å²) in [4.78, 5) is 21.5. The molecule has 2 rings (SSSR count). The maximum Gasteiger partial charge on any atom is 0.272 e. The molecule has 0 aliphatic carbocycles. The predicted molar refractivity (Wildman–Crippen MR) is 80.1 cm³/mol. The van der Waals surface area contributed by atoms with E-state index in [2.05, 4.69) is 5.32 Å². The fourth-order valence-electron chi connectivity index (χ4n) is 2.01. The van der Waals surface area contributed by atoms with Crippen molar-refractivity contribution in [1.29, 1.82) is 0 Å². The number of nitro groups is 1. The molecule has 0 aliphatic heterocycles. The van der Waals surface area contributed by atoms with Gasteiger partial charge in [-0.05, 0) is 36.8 Å². The van der Waals surface area contributed by atoms with E-state index in [9.17, 15) is 14.9 Å². The Morgan fingerprint density at radius 1 is 1.24 bits per heavy atom. The second-order valence-corrected chi connectivity index (χ2v) is 4.61. The summed E-state index contributed by atoms with van der Waals surface area (Å²) >= 11 is 0. The molecule has 2 aromatic carbocycles. The number of rotatable bonds is 5. The van der Waals surface area contributed by atoms with Crippen LogP contribution in [0.3, 0.4) is 0 Å². The predicted octanol–water partition coefficient (Wildman–Crippen LogP) is 2.61. The highest BCUT2D eigenvalue weighted by molar-refractivity contribution is 5.93. The number of hydrogen-bond donors (Lipinski definition) is 2. The molecular weight excluding hydrogens is 270 g/mol. The van der Waals surface area contributed by atoms with Crippen LogP contribution in [0.25, 0.3) is 0 Å². The van der Waals surface area contributed by atoms with Crippen molar-refractivity contribution in [2.75, 3.05) is 5.32 Å². The van der Waals surface area contributed by atoms with Crippen LogP contribution in [0.1, 0.15) is 21.5 Å². The van der Waals surface area contributed by atoms with E-state index >= 15 is 0 Å². The first-order valence-corrected chi connectivity index (χ1v) is 6.35. The Morgan fingerprint density at radius 2 is 1.90 bits per heavy atom. The van der Waals surface area contributed by atoms with Gasteiger partial charge in [0.1, 0.15) is 0 Å². The smallest absolute Gasteiger partial charge is 0.272 e. The van der Waals surface area contributed by atoms with Crippen molar-refractivity contribution in [1.82, 2.24) is 0 Å². The summed E-state index contributed by atoms with van der Waals surface area (Å²) in [7, 11) is 0. The minimum atomic E-state index is -0.476. The fourth-order valence-corrected chi connectivity index (χ4v) is 2.01. The SMILES string of the molecule is Cc1c(CNc2ccc(C(N)=O)cc2)cccc1[N+](=O)[O-]. The second kappa shape index (κ2) is 6.04. The molecule has 21 heavy (non-hydrogen) atoms. The lowest BCUT2D eigenvalue weighted by Crippen LogP contribution is -2.10. The van der Waals surface area contributed by atoms with Gasteiger partial charge in [-0.1, -0.05) is 12.1 Å². The van der Waals surface area contributed by atoms with E-state index in [0.29, 0.717) is 17.7 Å². The molecule has 0 unspecified atom stereocenters. The van der Waals surface area contributed by atoms with Gasteiger partial charge in [-0.3, -0.25) is 14.9 Å². The van der Waals surface area contributed by atoms with Gasteiger partial charge in [0.2, 0.25) is 5.91 Å². The number of nitro benzene ring substituents is 1. The lowest BCUT2D eigenvalue weighted by molar-refractivity contribution is -0.385. The maximum absolute atomic E-state index is 11.0. The molecular formula is C15H15N3O3. The molecule has 0 spiro atoms. The molecule has 0 heterocycles. The molecule has 0 aromatic heterocycles. The zero-order valence-corrected chi connectivity index (χ0v) is 11.5. The van der Waals surface area contributed by atoms with Gasteiger partial charge in [-0.15, -0.1) is 0 Å². The number of carbonyl (C=O) groups is 1. The Kier molecular flexibility index (Phi) is 4.18. The van der Waals surface area contributed by atoms with E-state index in [1.165, 1.54) is 6.07 Å². The number of nitrogens with zero attached hydrogens (tertiary/aromatic N) is 1. The van der Waals surface area contributed by atoms with Crippen LogP contribution in [0.4, 0.5) is 11.4 Å². The summed E-state index contributed by atoms with van der Waals surface area (Å²) in [5.41, 5.74) is 8.02. The third-order valence-electron chi connectivity index (χ3n) is 3.27. The number of nitrogens with one attached hydrogen (secondary N) is 1. The van der Waals surface area contributed by atoms with Gasteiger partial charge in [0, 0.05) is 29.4 Å². The Labute approximate surface area is 121 Å². The largest absolute Gasteiger partial charge is 0.381 e. The molecule has 0 atom stereocenters. The molecule has 1 amide bonds. The van der Waals surface area contributed by atoms with Crippen molar-refractivity contribution in [3.8, 4) is 0 Å². The average Bonchev–Trinajstić information content (AvgIpc) is 2.46. The Morgan fingerprint density at radius 3 is 2.48 bits per heavy atom. The standard InChI is InChI=1S/C15H15N3O3/c1-10-12(3-2-4-14(10)18(20)21)9-17-13-7-5-11(6-8-13)15(16)19/h2-8,17H,9H2,1H3,(H2,16,19). The highest BCUT2D eigenvalue weighted by Crippen LogP contribution is 2.22. The summed E-state index contributed by atoms with van der Waals surface area (Å²) in [5, 5.41) is 14.1. The third kappa shape index (κ3) is 3.36. The van der Waals surface area contributed by atoms with E-state index in [-0.39, 0.29) is 10.6 Å². The first-order valence-electron chi connectivity index (χ1n) is 6.35. The van der Waals surface area contributed by atoms with E-state index in [0.717, 1.165) is 11.3 Å². The Bertz CT molecular complexity index is 681. The Balaban J connectivity index is 2.11. The van der Waals surface area contributed by atoms with Gasteiger partial charge in [-0.25, -0.2) is 0 Å². The highest BCUT2D eigenvalue weighted by atomic mass is 16.6. The molecule has 0 saturated heterocycles. The van der Waals surface area contributed by atoms with Gasteiger partial charge < -0.3 is 11.1 Å². The molecule has 0 saturated carbocycles. The second-order valence-electron chi connectivity index (χ2n) is 4.61. The van der Waals surface area contributed by atoms with Crippen LogP contribution in [0.15, 0.2) is 42.5 Å². The summed E-state index contributed by atoms with van der Waals surface area (Å²) in [6, 6.07) is 11.7. The average molecular weight is 285 g/mol. The van der Waals surface area contributed by atoms with Crippen LogP contribution in [-0.2, 0) is 6.54 Å². The van der Waals surface area contributed by atoms with Crippen LogP contribution in [0.2, 0.25) is 0 Å². The quantitative estimate of drug-likeness (QED) is 0.651. The summed E-state index contributed by atoms with van der Waals surface area (Å²) in [6.45, 7) is 2.19. The number of primary amides is 1. The minimum absolute atomic E-state index is 0.110. The molecule has 6 heteroatoms. The molecule has 3 N–H and O–H groups in total. The van der Waals surface area contributed by atoms with Crippen LogP contribution >= 0.6 is 0 Å². The van der Waals surface area contributed by atoms with Gasteiger partial charge in [0.15, 0.2) is 0 Å². The van der Waals surface area contributed by atoms with Crippen LogP contribution in [0, 0.1) is 17.0 Å². The normalized spacial score (nSPS) is 10.1. The molecule has 0 bridgehead atoms. The van der Waals surface area contributed by atoms with E-state index < -0.39 is 5.91 Å². The third-order valence-corrected chi connectivity index (χ3v) is 3.27. The number of hydrogen-bond acceptors (Lipinski definition) is 4. The monoisotopic (exact) mass is 285 g/mol. The van der Waals surface area contributed by atoms with Crippen molar-refractivity contribution in [3.63, 3.8) is 0 Å². The zero-order chi connectivity index (χ0) is 15.4. The van der Waals surface area contributed by atoms with Crippen LogP contribution in [0.5, 0.6) is 0 Å². The number of amides is 1. The molecule has 6 nitrogen and oxygen atoms in total. The first-order chi connectivity index (χ1) is 9.99. The molecule has 2 aromatic rings. The van der Waals surface area contributed by atoms with E-state index in [4.69, 9.17) is 5.73 Å². The molecule has 0 fully saturated rings. The highest BCUT2D eigenvalue weighted by Gasteiger charge is 2.12. The summed E-state index contributed by atoms with van der Waals surface area (Å²) in [6.07, 6.45) is 0. The van der Waals surface area contributed by atoms with Gasteiger partial charge >= 0.3 is 0 Å². The van der Waals surface area contributed by atoms with Crippen molar-refractivity contribution >= 4 is 17.3 Å². The molecule has 0 radical (unpaired) electrons. The Hall–Kier alpha value is -2.89. The lowest BCUT2D eigenvalue weighted by atomic mass is 10.1. The topological polar surface area (TPSA) is 98.3 Å². The van der Waals surface area contributed by atoms with Gasteiger partial charge in [-0.2, -0.15) is 0 Å². The van der Waals surface area contributed by atoms with Crippen molar-refractivity contribution in [2.24, 2.45) is 5.73 Å². The lowest BCUT2D eigenvalue weighted by Gasteiger charge is -2.09. The van der Waals surface area contributed by atoms with Gasteiger partial charge in [0.05, 0.1) is 4.92 Å². The summed E-state index contributed by atoms with van der Waals surface area (Å²) < 4.78 is 0. The van der Waals surface area contributed by atoms with Crippen molar-refractivity contribution in [3.05, 3.63) is 69.3 Å². The van der Waals surface area contributed by atoms with E-state index in [1.807, 2.05) is 6.07 Å². The molecule has 108 valence electrons. The number of benzene rings is 2. The van der Waals surface area contributed by atoms with Gasteiger partial charge in [0.25, 0.3) is 5.69 Å². The fraction of sp³-hybridized carbons (Fsp3) is 0.133. The van der Waals surface area contributed by atoms with E-state index in [1.54, 1.807) is 37.3 Å². The molecule has 0 aliphatic rings. The zero-order valence-electron chi connectivity index (χ0n) is 11.5. The summed E-state index contributed by atoms with van der Waals surface area (Å²) in [5.74, 6) is -0.476. The maximum atomic E-state index is 11.0. The number of nitrogens with two attached hydrogens (primary N) is 1. The number of anilines is 1. The number of carbonyl (C=O) groups excluding carboxylic acids is 1. The van der Waals surface area contributed by atoms with Crippen LogP contribution < -0.4 is 11.1 Å². The van der Waals surface area contributed by atoms with Crippen molar-refractivity contribution in [2.45, 2.75) is 13.5 Å². The minimum Gasteiger partial charge on any atom is -0.381 e. The first kappa shape index (κ1) is 14.5. The van der Waals surface area contributed by atoms with Crippen LogP contribution in [-0.4, -0.2) is 10.8 Å². The van der Waals surface area contributed by atoms with Crippen molar-refractivity contribution < 1.29 is 9.72 Å².